The van der Waals surface area contributed by atoms with Crippen LogP contribution in [0.25, 0.3) is 0 Å². The number of carbonyl (C=O) groups is 1. The Morgan fingerprint density at radius 2 is 2.11 bits per heavy atom. The maximum Gasteiger partial charge on any atom is 0.239 e. The zero-order valence-corrected chi connectivity index (χ0v) is 12.3. The molecule has 0 fully saturated rings. The van der Waals surface area contributed by atoms with Crippen molar-refractivity contribution in [2.75, 3.05) is 37.4 Å². The molecule has 0 bridgehead atoms. The molecule has 0 radical (unpaired) electrons. The minimum atomic E-state index is -0.0132. The van der Waals surface area contributed by atoms with E-state index in [1.807, 2.05) is 45.8 Å². The summed E-state index contributed by atoms with van der Waals surface area (Å²) in [4.78, 5) is 22.3. The van der Waals surface area contributed by atoms with Crippen LogP contribution in [0.1, 0.15) is 32.5 Å². The van der Waals surface area contributed by atoms with Gasteiger partial charge in [0.05, 0.1) is 6.54 Å². The number of rotatable bonds is 6. The Hall–Kier alpha value is -1.85. The van der Waals surface area contributed by atoms with Gasteiger partial charge in [-0.25, -0.2) is 9.97 Å². The van der Waals surface area contributed by atoms with Crippen molar-refractivity contribution in [1.82, 2.24) is 15.3 Å². The lowest BCUT2D eigenvalue weighted by Crippen LogP contribution is -2.35. The first-order valence-electron chi connectivity index (χ1n) is 6.52. The lowest BCUT2D eigenvalue weighted by molar-refractivity contribution is -0.119. The van der Waals surface area contributed by atoms with Crippen LogP contribution < -0.4 is 15.5 Å². The summed E-state index contributed by atoms with van der Waals surface area (Å²) in [6.07, 6.45) is 0. The molecule has 0 saturated carbocycles. The number of carbonyl (C=O) groups excluding carboxylic acids is 1. The number of likely N-dealkylation sites (N-methyl/N-ethyl adjacent to an activating group) is 2. The molecule has 1 aromatic rings. The summed E-state index contributed by atoms with van der Waals surface area (Å²) in [5.41, 5.74) is 0. The fourth-order valence-electron chi connectivity index (χ4n) is 1.58. The maximum absolute atomic E-state index is 11.6. The van der Waals surface area contributed by atoms with E-state index in [4.69, 9.17) is 0 Å². The van der Waals surface area contributed by atoms with Gasteiger partial charge in [-0.05, 0) is 6.92 Å². The molecule has 6 nitrogen and oxygen atoms in total. The Balaban J connectivity index is 2.92. The molecule has 0 saturated heterocycles. The molecule has 1 amide bonds. The molecule has 106 valence electrons. The van der Waals surface area contributed by atoms with Crippen LogP contribution in [0.4, 0.5) is 11.6 Å². The van der Waals surface area contributed by atoms with Crippen LogP contribution in [-0.4, -0.2) is 43.1 Å². The average Bonchev–Trinajstić information content (AvgIpc) is 2.38. The van der Waals surface area contributed by atoms with Crippen molar-refractivity contribution in [1.29, 1.82) is 0 Å². The van der Waals surface area contributed by atoms with Gasteiger partial charge in [0.15, 0.2) is 0 Å². The van der Waals surface area contributed by atoms with Gasteiger partial charge >= 0.3 is 0 Å². The quantitative estimate of drug-likeness (QED) is 0.809. The molecule has 1 rings (SSSR count). The number of hydrogen-bond donors (Lipinski definition) is 2. The Kier molecular flexibility index (Phi) is 5.54. The smallest absolute Gasteiger partial charge is 0.239 e. The van der Waals surface area contributed by atoms with Gasteiger partial charge in [-0.3, -0.25) is 4.79 Å². The molecule has 0 aliphatic carbocycles. The minimum absolute atomic E-state index is 0.0132. The summed E-state index contributed by atoms with van der Waals surface area (Å²) >= 11 is 0. The zero-order valence-electron chi connectivity index (χ0n) is 12.3. The van der Waals surface area contributed by atoms with Crippen LogP contribution in [0, 0.1) is 0 Å². The van der Waals surface area contributed by atoms with Crippen molar-refractivity contribution in [2.45, 2.75) is 26.7 Å². The van der Waals surface area contributed by atoms with E-state index in [0.29, 0.717) is 6.54 Å². The monoisotopic (exact) mass is 265 g/mol. The standard InChI is InChI=1S/C13H23N5O/c1-6-15-12(19)8-18(5)11-7-10(14-4)16-13(17-11)9(2)3/h7,9H,6,8H2,1-5H3,(H,15,19)(H,14,16,17). The van der Waals surface area contributed by atoms with E-state index in [-0.39, 0.29) is 18.4 Å². The highest BCUT2D eigenvalue weighted by Crippen LogP contribution is 2.18. The molecule has 1 heterocycles. The zero-order chi connectivity index (χ0) is 14.4. The van der Waals surface area contributed by atoms with E-state index in [9.17, 15) is 4.79 Å². The van der Waals surface area contributed by atoms with Crippen LogP contribution >= 0.6 is 0 Å². The normalized spacial score (nSPS) is 10.4. The van der Waals surface area contributed by atoms with Gasteiger partial charge in [0.25, 0.3) is 0 Å². The van der Waals surface area contributed by atoms with Gasteiger partial charge in [0, 0.05) is 32.6 Å². The van der Waals surface area contributed by atoms with Crippen molar-refractivity contribution < 1.29 is 4.79 Å². The number of nitrogens with zero attached hydrogens (tertiary/aromatic N) is 3. The van der Waals surface area contributed by atoms with Crippen LogP contribution in [0.15, 0.2) is 6.07 Å². The van der Waals surface area contributed by atoms with Crippen LogP contribution in [0.5, 0.6) is 0 Å². The summed E-state index contributed by atoms with van der Waals surface area (Å²) in [6.45, 7) is 6.91. The highest BCUT2D eigenvalue weighted by Gasteiger charge is 2.12. The predicted octanol–water partition coefficient (Wildman–Crippen LogP) is 1.21. The second kappa shape index (κ2) is 6.92. The number of amides is 1. The molecule has 0 spiro atoms. The molecular formula is C13H23N5O. The Bertz CT molecular complexity index is 433. The van der Waals surface area contributed by atoms with E-state index in [1.165, 1.54) is 0 Å². The molecular weight excluding hydrogens is 242 g/mol. The Morgan fingerprint density at radius 1 is 1.42 bits per heavy atom. The van der Waals surface area contributed by atoms with Gasteiger partial charge in [0.1, 0.15) is 17.5 Å². The molecule has 0 unspecified atom stereocenters. The lowest BCUT2D eigenvalue weighted by atomic mass is 10.2. The van der Waals surface area contributed by atoms with Gasteiger partial charge in [-0.1, -0.05) is 13.8 Å². The van der Waals surface area contributed by atoms with E-state index in [0.717, 1.165) is 17.5 Å². The number of anilines is 2. The second-order valence-electron chi connectivity index (χ2n) is 4.68. The molecule has 2 N–H and O–H groups in total. The summed E-state index contributed by atoms with van der Waals surface area (Å²) in [5.74, 6) is 2.50. The van der Waals surface area contributed by atoms with Crippen molar-refractivity contribution >= 4 is 17.5 Å². The van der Waals surface area contributed by atoms with Crippen LogP contribution in [-0.2, 0) is 4.79 Å². The maximum atomic E-state index is 11.6. The van der Waals surface area contributed by atoms with Crippen molar-refractivity contribution in [2.24, 2.45) is 0 Å². The second-order valence-corrected chi connectivity index (χ2v) is 4.68. The SMILES string of the molecule is CCNC(=O)CN(C)c1cc(NC)nc(C(C)C)n1. The molecule has 0 aliphatic heterocycles. The van der Waals surface area contributed by atoms with Crippen molar-refractivity contribution in [3.63, 3.8) is 0 Å². The first-order valence-corrected chi connectivity index (χ1v) is 6.52. The highest BCUT2D eigenvalue weighted by molar-refractivity contribution is 5.80. The van der Waals surface area contributed by atoms with Gasteiger partial charge < -0.3 is 15.5 Å². The third-order valence-corrected chi connectivity index (χ3v) is 2.65. The molecule has 6 heteroatoms. The molecule has 1 aromatic heterocycles. The summed E-state index contributed by atoms with van der Waals surface area (Å²) < 4.78 is 0. The first-order chi connectivity index (χ1) is 8.97. The molecule has 0 aliphatic rings. The molecule has 19 heavy (non-hydrogen) atoms. The summed E-state index contributed by atoms with van der Waals surface area (Å²) in [5, 5.41) is 5.79. The molecule has 0 aromatic carbocycles. The van der Waals surface area contributed by atoms with Crippen molar-refractivity contribution in [3.05, 3.63) is 11.9 Å². The highest BCUT2D eigenvalue weighted by atomic mass is 16.2. The van der Waals surface area contributed by atoms with Crippen LogP contribution in [0.3, 0.4) is 0 Å². The van der Waals surface area contributed by atoms with Gasteiger partial charge in [-0.15, -0.1) is 0 Å². The van der Waals surface area contributed by atoms with E-state index in [1.54, 1.807) is 0 Å². The summed E-state index contributed by atoms with van der Waals surface area (Å²) in [7, 11) is 3.67. The lowest BCUT2D eigenvalue weighted by Gasteiger charge is -2.19. The predicted molar refractivity (Wildman–Crippen MR) is 77.6 cm³/mol. The summed E-state index contributed by atoms with van der Waals surface area (Å²) in [6, 6.07) is 1.84. The Labute approximate surface area is 114 Å². The number of nitrogens with one attached hydrogen (secondary N) is 2. The minimum Gasteiger partial charge on any atom is -0.373 e. The van der Waals surface area contributed by atoms with Gasteiger partial charge in [0.2, 0.25) is 5.91 Å². The average molecular weight is 265 g/mol. The fraction of sp³-hybridized carbons (Fsp3) is 0.615. The molecule has 0 atom stereocenters. The largest absolute Gasteiger partial charge is 0.373 e. The van der Waals surface area contributed by atoms with Crippen LogP contribution in [0.2, 0.25) is 0 Å². The van der Waals surface area contributed by atoms with E-state index >= 15 is 0 Å². The fourth-order valence-corrected chi connectivity index (χ4v) is 1.58. The third-order valence-electron chi connectivity index (χ3n) is 2.65. The number of aromatic nitrogens is 2. The van der Waals surface area contributed by atoms with Gasteiger partial charge in [-0.2, -0.15) is 0 Å². The Morgan fingerprint density at radius 3 is 2.63 bits per heavy atom. The first kappa shape index (κ1) is 15.2. The number of hydrogen-bond acceptors (Lipinski definition) is 5. The topological polar surface area (TPSA) is 70.2 Å². The van der Waals surface area contributed by atoms with E-state index in [2.05, 4.69) is 20.6 Å². The third kappa shape index (κ3) is 4.39. The van der Waals surface area contributed by atoms with Crippen molar-refractivity contribution in [3.8, 4) is 0 Å². The van der Waals surface area contributed by atoms with E-state index < -0.39 is 0 Å².